The second-order valence-corrected chi connectivity index (χ2v) is 7.16. The summed E-state index contributed by atoms with van der Waals surface area (Å²) in [6, 6.07) is 14.1. The number of carbonyl (C=O) groups excluding carboxylic acids is 3. The van der Waals surface area contributed by atoms with Crippen LogP contribution in [-0.2, 0) is 24.1 Å². The highest BCUT2D eigenvalue weighted by atomic mass is 16.8. The first-order chi connectivity index (χ1) is 15.5. The summed E-state index contributed by atoms with van der Waals surface area (Å²) < 4.78 is 0. The largest absolute Gasteiger partial charge is 0.352 e. The molecule has 1 aliphatic rings. The van der Waals surface area contributed by atoms with E-state index in [9.17, 15) is 14.4 Å². The van der Waals surface area contributed by atoms with Crippen molar-refractivity contribution in [2.45, 2.75) is 31.7 Å². The molecule has 0 spiro atoms. The van der Waals surface area contributed by atoms with Gasteiger partial charge in [0.1, 0.15) is 17.7 Å². The van der Waals surface area contributed by atoms with E-state index in [1.807, 2.05) is 42.8 Å². The molecule has 1 aliphatic heterocycles. The van der Waals surface area contributed by atoms with E-state index in [0.29, 0.717) is 24.6 Å². The Labute approximate surface area is 185 Å². The minimum absolute atomic E-state index is 0.180. The Morgan fingerprint density at radius 3 is 2.62 bits per heavy atom. The third kappa shape index (κ3) is 6.00. The quantitative estimate of drug-likeness (QED) is 0.324. The summed E-state index contributed by atoms with van der Waals surface area (Å²) in [5, 5.41) is 2.83. The molecule has 11 heteroatoms. The Bertz CT molecular complexity index is 941. The van der Waals surface area contributed by atoms with Crippen LogP contribution in [0.1, 0.15) is 31.2 Å². The number of benzene rings is 1. The highest BCUT2D eigenvalue weighted by Crippen LogP contribution is 2.26. The zero-order chi connectivity index (χ0) is 22.9. The maximum absolute atomic E-state index is 12.6. The summed E-state index contributed by atoms with van der Waals surface area (Å²) in [7, 11) is 0. The molecule has 5 N–H and O–H groups in total. The molecule has 1 aromatic carbocycles. The van der Waals surface area contributed by atoms with Gasteiger partial charge in [0.05, 0.1) is 12.5 Å². The lowest BCUT2D eigenvalue weighted by Gasteiger charge is -2.24. The van der Waals surface area contributed by atoms with Crippen LogP contribution in [-0.4, -0.2) is 42.0 Å². The summed E-state index contributed by atoms with van der Waals surface area (Å²) in [6.45, 7) is 2.11. The molecule has 1 unspecified atom stereocenters. The summed E-state index contributed by atoms with van der Waals surface area (Å²) in [6.07, 6.45) is 1.32. The fraction of sp³-hybridized carbons (Fsp3) is 0.333. The molecular weight excluding hydrogens is 416 g/mol. The Morgan fingerprint density at radius 1 is 1.12 bits per heavy atom. The van der Waals surface area contributed by atoms with E-state index >= 15 is 0 Å². The molecule has 0 aliphatic carbocycles. The minimum atomic E-state index is -0.722. The van der Waals surface area contributed by atoms with Crippen LogP contribution in [0, 0.1) is 0 Å². The molecule has 2 heterocycles. The van der Waals surface area contributed by atoms with E-state index in [0.717, 1.165) is 12.0 Å². The first-order valence-electron chi connectivity index (χ1n) is 10.2. The third-order valence-electron chi connectivity index (χ3n) is 5.02. The van der Waals surface area contributed by atoms with E-state index in [1.165, 1.54) is 0 Å². The highest BCUT2D eigenvalue weighted by Gasteiger charge is 2.33. The molecule has 0 saturated carbocycles. The zero-order valence-electron chi connectivity index (χ0n) is 17.6. The Balaban J connectivity index is 1.60. The van der Waals surface area contributed by atoms with Gasteiger partial charge in [-0.2, -0.15) is 0 Å². The molecule has 2 atom stereocenters. The molecule has 1 saturated heterocycles. The standard InChI is InChI=1S/C21H26N6O5/c1-14(15-7-3-2-4-8-15)20(29)24-17-10-5-11-18(23-17)27-12-6-9-16(27)21(30)32-26-25-31-19(28)13-22/h2-5,7-8,10-11,14,16,25-26H,6,9,12-13,22H2,1H3,(H,23,24,29)/t14?,16-/m0/s1. The maximum atomic E-state index is 12.6. The third-order valence-corrected chi connectivity index (χ3v) is 5.02. The maximum Gasteiger partial charge on any atom is 0.348 e. The minimum Gasteiger partial charge on any atom is -0.352 e. The average molecular weight is 442 g/mol. The normalized spacial score (nSPS) is 16.3. The first-order valence-corrected chi connectivity index (χ1v) is 10.2. The number of carbonyl (C=O) groups is 3. The monoisotopic (exact) mass is 442 g/mol. The number of nitrogens with two attached hydrogens (primary N) is 1. The molecule has 1 aromatic heterocycles. The summed E-state index contributed by atoms with van der Waals surface area (Å²) >= 11 is 0. The van der Waals surface area contributed by atoms with Crippen molar-refractivity contribution in [2.75, 3.05) is 23.3 Å². The Kier molecular flexibility index (Phi) is 8.08. The number of rotatable bonds is 9. The summed E-state index contributed by atoms with van der Waals surface area (Å²) in [5.41, 5.74) is 10.1. The van der Waals surface area contributed by atoms with Gasteiger partial charge in [-0.15, -0.1) is 0 Å². The van der Waals surface area contributed by atoms with Crippen molar-refractivity contribution < 1.29 is 24.1 Å². The van der Waals surface area contributed by atoms with Gasteiger partial charge in [0.15, 0.2) is 0 Å². The van der Waals surface area contributed by atoms with Gasteiger partial charge in [-0.05, 0) is 37.5 Å². The molecule has 32 heavy (non-hydrogen) atoms. The lowest BCUT2D eigenvalue weighted by molar-refractivity contribution is -0.177. The Hall–Kier alpha value is -3.54. The van der Waals surface area contributed by atoms with Crippen LogP contribution in [0.5, 0.6) is 0 Å². The molecule has 170 valence electrons. The van der Waals surface area contributed by atoms with Crippen LogP contribution in [0.25, 0.3) is 0 Å². The number of amides is 1. The van der Waals surface area contributed by atoms with Gasteiger partial charge in [0, 0.05) is 6.54 Å². The summed E-state index contributed by atoms with van der Waals surface area (Å²) in [4.78, 5) is 51.6. The van der Waals surface area contributed by atoms with Crippen LogP contribution in [0.15, 0.2) is 48.5 Å². The first kappa shape index (κ1) is 23.1. The van der Waals surface area contributed by atoms with Gasteiger partial charge >= 0.3 is 11.9 Å². The predicted octanol–water partition coefficient (Wildman–Crippen LogP) is 0.762. The van der Waals surface area contributed by atoms with Crippen molar-refractivity contribution in [3.8, 4) is 0 Å². The average Bonchev–Trinajstić information content (AvgIpc) is 3.32. The van der Waals surface area contributed by atoms with Crippen LogP contribution in [0.4, 0.5) is 11.6 Å². The summed E-state index contributed by atoms with van der Waals surface area (Å²) in [5.74, 6) is -0.892. The van der Waals surface area contributed by atoms with Crippen molar-refractivity contribution in [2.24, 2.45) is 5.73 Å². The lowest BCUT2D eigenvalue weighted by Crippen LogP contribution is -2.44. The van der Waals surface area contributed by atoms with Crippen LogP contribution in [0.3, 0.4) is 0 Å². The van der Waals surface area contributed by atoms with Crippen LogP contribution >= 0.6 is 0 Å². The van der Waals surface area contributed by atoms with Crippen molar-refractivity contribution >= 4 is 29.5 Å². The molecule has 1 fully saturated rings. The molecule has 1 amide bonds. The number of nitrogens with zero attached hydrogens (tertiary/aromatic N) is 2. The van der Waals surface area contributed by atoms with Gasteiger partial charge < -0.3 is 25.6 Å². The molecule has 3 rings (SSSR count). The van der Waals surface area contributed by atoms with Crippen molar-refractivity contribution in [3.63, 3.8) is 0 Å². The SMILES string of the molecule is CC(C(=O)Nc1cccc(N2CCC[C@H]2C(=O)ONNOC(=O)CN)n1)c1ccccc1. The van der Waals surface area contributed by atoms with E-state index in [2.05, 4.69) is 20.7 Å². The Morgan fingerprint density at radius 2 is 1.88 bits per heavy atom. The number of hydrogen-bond donors (Lipinski definition) is 4. The second kappa shape index (κ2) is 11.2. The smallest absolute Gasteiger partial charge is 0.348 e. The molecule has 11 nitrogen and oxygen atoms in total. The molecular formula is C21H26N6O5. The van der Waals surface area contributed by atoms with Gasteiger partial charge in [0.25, 0.3) is 0 Å². The van der Waals surface area contributed by atoms with Gasteiger partial charge in [-0.1, -0.05) is 47.6 Å². The molecule has 0 radical (unpaired) electrons. The number of nitrogens with one attached hydrogen (secondary N) is 3. The molecule has 2 aromatic rings. The second-order valence-electron chi connectivity index (χ2n) is 7.16. The van der Waals surface area contributed by atoms with E-state index in [-0.39, 0.29) is 18.4 Å². The number of aromatic nitrogens is 1. The molecule has 0 bridgehead atoms. The number of hydrogen-bond acceptors (Lipinski definition) is 10. The highest BCUT2D eigenvalue weighted by molar-refractivity contribution is 5.95. The van der Waals surface area contributed by atoms with E-state index < -0.39 is 18.0 Å². The number of hydrazine groups is 1. The van der Waals surface area contributed by atoms with Crippen molar-refractivity contribution in [3.05, 3.63) is 54.1 Å². The fourth-order valence-electron chi connectivity index (χ4n) is 3.32. The number of pyridine rings is 1. The van der Waals surface area contributed by atoms with Crippen molar-refractivity contribution in [1.82, 2.24) is 16.2 Å². The predicted molar refractivity (Wildman–Crippen MR) is 116 cm³/mol. The van der Waals surface area contributed by atoms with E-state index in [4.69, 9.17) is 10.6 Å². The topological polar surface area (TPSA) is 148 Å². The van der Waals surface area contributed by atoms with Gasteiger partial charge in [0.2, 0.25) is 5.91 Å². The number of anilines is 2. The fourth-order valence-corrected chi connectivity index (χ4v) is 3.32. The van der Waals surface area contributed by atoms with Gasteiger partial charge in [-0.3, -0.25) is 4.79 Å². The van der Waals surface area contributed by atoms with E-state index in [1.54, 1.807) is 23.1 Å². The van der Waals surface area contributed by atoms with Crippen LogP contribution < -0.4 is 27.1 Å². The van der Waals surface area contributed by atoms with Gasteiger partial charge in [-0.25, -0.2) is 14.6 Å². The van der Waals surface area contributed by atoms with Crippen LogP contribution in [0.2, 0.25) is 0 Å². The van der Waals surface area contributed by atoms with Crippen molar-refractivity contribution in [1.29, 1.82) is 0 Å². The lowest BCUT2D eigenvalue weighted by atomic mass is 10.0. The zero-order valence-corrected chi connectivity index (χ0v) is 17.6.